The smallest absolute Gasteiger partial charge is 0.358 e. The van der Waals surface area contributed by atoms with Crippen LogP contribution in [0.15, 0.2) is 10.6 Å². The molecule has 0 aromatic heterocycles. The molecular weight excluding hydrogens is 510 g/mol. The fraction of sp³-hybridized carbons (Fsp3) is 0.783. The summed E-state index contributed by atoms with van der Waals surface area (Å²) >= 11 is 1.32. The lowest BCUT2D eigenvalue weighted by atomic mass is 9.76. The molecule has 1 unspecified atom stereocenters. The van der Waals surface area contributed by atoms with Gasteiger partial charge in [0.1, 0.15) is 5.70 Å². The van der Waals surface area contributed by atoms with Crippen LogP contribution >= 0.6 is 11.8 Å². The predicted octanol–water partition coefficient (Wildman–Crippen LogP) is 1.08. The summed E-state index contributed by atoms with van der Waals surface area (Å²) in [5, 5.41) is 15.2. The van der Waals surface area contributed by atoms with Gasteiger partial charge in [-0.25, -0.2) is 9.93 Å². The molecule has 202 valence electrons. The van der Waals surface area contributed by atoms with Crippen LogP contribution in [0.2, 0.25) is 0 Å². The molecule has 0 spiro atoms. The van der Waals surface area contributed by atoms with Crippen molar-refractivity contribution in [1.29, 1.82) is 0 Å². The zero-order valence-corrected chi connectivity index (χ0v) is 22.6. The van der Waals surface area contributed by atoms with E-state index in [0.29, 0.717) is 4.91 Å². The number of hydrogen-bond donors (Lipinski definition) is 2. The summed E-state index contributed by atoms with van der Waals surface area (Å²) in [6, 6.07) is -0.407. The van der Waals surface area contributed by atoms with E-state index in [4.69, 9.17) is 14.6 Å². The van der Waals surface area contributed by atoms with Gasteiger partial charge in [0.05, 0.1) is 23.5 Å². The summed E-state index contributed by atoms with van der Waals surface area (Å²) in [6.07, 6.45) is 2.36. The third kappa shape index (κ3) is 4.92. The van der Waals surface area contributed by atoms with E-state index in [1.54, 1.807) is 6.92 Å². The van der Waals surface area contributed by atoms with Crippen molar-refractivity contribution in [1.82, 2.24) is 9.21 Å². The molecule has 5 atom stereocenters. The molecule has 0 aromatic carbocycles. The van der Waals surface area contributed by atoms with Crippen molar-refractivity contribution in [2.75, 3.05) is 13.1 Å². The average Bonchev–Trinajstić information content (AvgIpc) is 2.97. The standard InChI is InChI=1S/C23H35N3O8S2/c1-12-17-16(13(2)27)20(28)26(17)18(19(12)35-15-10-25(11-15)36(24,31)32)21(29)33-14(3)34-22(30)23(4)8-6-5-7-9-23/h12-17,27H,5-11H2,1-4H3,(H2,24,31,32)/t12-,13-,14?,16-,17-/m1/s1. The van der Waals surface area contributed by atoms with Crippen molar-refractivity contribution in [3.8, 4) is 0 Å². The Morgan fingerprint density at radius 2 is 1.78 bits per heavy atom. The van der Waals surface area contributed by atoms with Crippen LogP contribution in [0.1, 0.15) is 59.8 Å². The van der Waals surface area contributed by atoms with Crippen LogP contribution in [0.3, 0.4) is 0 Å². The van der Waals surface area contributed by atoms with E-state index in [9.17, 15) is 27.9 Å². The second-order valence-corrected chi connectivity index (χ2v) is 13.5. The Bertz CT molecular complexity index is 1060. The van der Waals surface area contributed by atoms with Crippen molar-refractivity contribution < 1.29 is 37.4 Å². The Labute approximate surface area is 215 Å². The number of carbonyl (C=O) groups is 3. The number of amides is 1. The minimum Gasteiger partial charge on any atom is -0.425 e. The number of nitrogens with two attached hydrogens (primary N) is 1. The van der Waals surface area contributed by atoms with Gasteiger partial charge in [0, 0.05) is 36.1 Å². The summed E-state index contributed by atoms with van der Waals surface area (Å²) < 4.78 is 35.2. The van der Waals surface area contributed by atoms with Crippen molar-refractivity contribution >= 4 is 39.8 Å². The van der Waals surface area contributed by atoms with Gasteiger partial charge in [0.15, 0.2) is 0 Å². The summed E-state index contributed by atoms with van der Waals surface area (Å²) in [4.78, 5) is 40.9. The lowest BCUT2D eigenvalue weighted by Gasteiger charge is -2.46. The van der Waals surface area contributed by atoms with E-state index >= 15 is 0 Å². The van der Waals surface area contributed by atoms with Crippen molar-refractivity contribution in [2.45, 2.75) is 83.5 Å². The Morgan fingerprint density at radius 3 is 2.33 bits per heavy atom. The third-order valence-electron chi connectivity index (χ3n) is 7.77. The van der Waals surface area contributed by atoms with Crippen LogP contribution in [0.25, 0.3) is 0 Å². The number of rotatable bonds is 8. The number of fused-ring (bicyclic) bond motifs is 1. The molecule has 0 radical (unpaired) electrons. The van der Waals surface area contributed by atoms with Gasteiger partial charge in [0.25, 0.3) is 10.2 Å². The number of aliphatic hydroxyl groups is 1. The van der Waals surface area contributed by atoms with Gasteiger partial charge >= 0.3 is 11.9 Å². The number of thioether (sulfide) groups is 1. The summed E-state index contributed by atoms with van der Waals surface area (Å²) in [6.45, 7) is 7.12. The SMILES string of the molecule is CC(OC(=O)C1=C(SC2CN(S(N)(=O)=O)C2)[C@H](C)[C@@H]2[C@@H]([C@@H](C)O)C(=O)N12)OC(=O)C1(C)CCCCC1. The van der Waals surface area contributed by atoms with Crippen LogP contribution in [0.4, 0.5) is 0 Å². The number of carbonyl (C=O) groups excluding carboxylic acids is 3. The number of β-lactam (4-membered cyclic amide) rings is 1. The first-order valence-corrected chi connectivity index (χ1v) is 14.7. The molecule has 1 aliphatic carbocycles. The highest BCUT2D eigenvalue weighted by Gasteiger charge is 2.60. The van der Waals surface area contributed by atoms with Gasteiger partial charge in [0.2, 0.25) is 12.2 Å². The molecule has 1 saturated carbocycles. The van der Waals surface area contributed by atoms with Crippen LogP contribution < -0.4 is 5.14 Å². The van der Waals surface area contributed by atoms with E-state index in [-0.39, 0.29) is 35.9 Å². The zero-order valence-electron chi connectivity index (χ0n) is 21.0. The molecule has 2 saturated heterocycles. The number of aliphatic hydroxyl groups excluding tert-OH is 1. The topological polar surface area (TPSA) is 157 Å². The van der Waals surface area contributed by atoms with Crippen molar-refractivity contribution in [2.24, 2.45) is 22.4 Å². The van der Waals surface area contributed by atoms with E-state index in [1.807, 2.05) is 13.8 Å². The highest BCUT2D eigenvalue weighted by Crippen LogP contribution is 2.52. The van der Waals surface area contributed by atoms with Gasteiger partial charge < -0.3 is 19.5 Å². The molecule has 11 nitrogen and oxygen atoms in total. The quantitative estimate of drug-likeness (QED) is 0.259. The maximum absolute atomic E-state index is 13.3. The fourth-order valence-corrected chi connectivity index (χ4v) is 8.07. The Kier molecular flexibility index (Phi) is 7.52. The molecule has 1 amide bonds. The fourth-order valence-electron chi connectivity index (χ4n) is 5.59. The Hall–Kier alpha value is -1.67. The number of hydrogen-bond acceptors (Lipinski definition) is 9. The van der Waals surface area contributed by atoms with Crippen molar-refractivity contribution in [3.05, 3.63) is 10.6 Å². The molecule has 4 rings (SSSR count). The Balaban J connectivity index is 1.49. The second kappa shape index (κ2) is 9.90. The Morgan fingerprint density at radius 1 is 1.17 bits per heavy atom. The van der Waals surface area contributed by atoms with Gasteiger partial charge in [-0.2, -0.15) is 12.7 Å². The molecule has 3 fully saturated rings. The van der Waals surface area contributed by atoms with Crippen molar-refractivity contribution in [3.63, 3.8) is 0 Å². The first kappa shape index (κ1) is 27.4. The summed E-state index contributed by atoms with van der Waals surface area (Å²) in [5.41, 5.74) is -0.538. The third-order valence-corrected chi connectivity index (χ3v) is 10.2. The number of nitrogens with zero attached hydrogens (tertiary/aromatic N) is 2. The molecule has 3 N–H and O–H groups in total. The molecular formula is C23H35N3O8S2. The summed E-state index contributed by atoms with van der Waals surface area (Å²) in [7, 11) is -3.79. The zero-order chi connectivity index (χ0) is 26.6. The molecule has 0 aromatic rings. The lowest BCUT2D eigenvalue weighted by Crippen LogP contribution is -2.63. The average molecular weight is 546 g/mol. The molecule has 3 aliphatic heterocycles. The maximum atomic E-state index is 13.3. The van der Waals surface area contributed by atoms with Gasteiger partial charge in [-0.1, -0.05) is 26.2 Å². The highest BCUT2D eigenvalue weighted by atomic mass is 32.2. The van der Waals surface area contributed by atoms with E-state index < -0.39 is 51.9 Å². The first-order valence-electron chi connectivity index (χ1n) is 12.4. The number of ether oxygens (including phenoxy) is 2. The summed E-state index contributed by atoms with van der Waals surface area (Å²) in [5.74, 6) is -2.48. The van der Waals surface area contributed by atoms with Gasteiger partial charge in [-0.3, -0.25) is 9.59 Å². The van der Waals surface area contributed by atoms with E-state index in [2.05, 4.69) is 0 Å². The van der Waals surface area contributed by atoms with Crippen LogP contribution in [-0.4, -0.2) is 77.4 Å². The molecule has 3 heterocycles. The maximum Gasteiger partial charge on any atom is 0.358 e. The van der Waals surface area contributed by atoms with Crippen LogP contribution in [-0.2, 0) is 34.1 Å². The largest absolute Gasteiger partial charge is 0.425 e. The van der Waals surface area contributed by atoms with Crippen LogP contribution in [0, 0.1) is 17.3 Å². The normalized spacial score (nSPS) is 30.2. The minimum absolute atomic E-state index is 0.0697. The molecule has 4 aliphatic rings. The van der Waals surface area contributed by atoms with E-state index in [0.717, 1.165) is 36.4 Å². The van der Waals surface area contributed by atoms with Crippen LogP contribution in [0.5, 0.6) is 0 Å². The highest BCUT2D eigenvalue weighted by molar-refractivity contribution is 8.04. The minimum atomic E-state index is -3.79. The predicted molar refractivity (Wildman–Crippen MR) is 131 cm³/mol. The molecule has 0 bridgehead atoms. The van der Waals surface area contributed by atoms with Gasteiger partial charge in [-0.15, -0.1) is 11.8 Å². The second-order valence-electron chi connectivity index (χ2n) is 10.6. The first-order chi connectivity index (χ1) is 16.7. The molecule has 13 heteroatoms. The van der Waals surface area contributed by atoms with Gasteiger partial charge in [-0.05, 0) is 26.7 Å². The van der Waals surface area contributed by atoms with E-state index in [1.165, 1.54) is 23.6 Å². The number of esters is 2. The monoisotopic (exact) mass is 545 g/mol. The molecule has 36 heavy (non-hydrogen) atoms. The lowest BCUT2D eigenvalue weighted by molar-refractivity contribution is -0.193.